The monoisotopic (exact) mass is 246 g/mol. The van der Waals surface area contributed by atoms with Crippen molar-refractivity contribution in [3.8, 4) is 5.75 Å². The van der Waals surface area contributed by atoms with Crippen LogP contribution in [0, 0.1) is 0 Å². The summed E-state index contributed by atoms with van der Waals surface area (Å²) in [6.07, 6.45) is -3.82. The fourth-order valence-electron chi connectivity index (χ4n) is 1.39. The molecule has 1 aromatic rings. The Morgan fingerprint density at radius 3 is 2.53 bits per heavy atom. The third-order valence-electron chi connectivity index (χ3n) is 2.27. The van der Waals surface area contributed by atoms with Gasteiger partial charge in [0.1, 0.15) is 11.5 Å². The summed E-state index contributed by atoms with van der Waals surface area (Å²) in [5, 5.41) is 0. The molecule has 0 unspecified atom stereocenters. The van der Waals surface area contributed by atoms with Crippen LogP contribution in [0.3, 0.4) is 0 Å². The van der Waals surface area contributed by atoms with E-state index in [2.05, 4.69) is 4.74 Å². The van der Waals surface area contributed by atoms with Crippen LogP contribution < -0.4 is 4.74 Å². The third-order valence-corrected chi connectivity index (χ3v) is 2.27. The summed E-state index contributed by atoms with van der Waals surface area (Å²) in [6, 6.07) is 5.87. The first-order valence-electron chi connectivity index (χ1n) is 5.27. The van der Waals surface area contributed by atoms with Crippen LogP contribution in [-0.2, 0) is 11.2 Å². The highest BCUT2D eigenvalue weighted by atomic mass is 19.4. The Balaban J connectivity index is 2.74. The molecule has 2 nitrogen and oxygen atoms in total. The highest BCUT2D eigenvalue weighted by Gasteiger charge is 2.31. The summed E-state index contributed by atoms with van der Waals surface area (Å²) < 4.78 is 40.2. The predicted octanol–water partition coefficient (Wildman–Crippen LogP) is 3.50. The van der Waals surface area contributed by atoms with Crippen molar-refractivity contribution in [3.05, 3.63) is 29.8 Å². The lowest BCUT2D eigenvalue weighted by atomic mass is 10.1. The van der Waals surface area contributed by atoms with E-state index in [0.717, 1.165) is 0 Å². The van der Waals surface area contributed by atoms with Gasteiger partial charge in [-0.25, -0.2) is 0 Å². The number of benzene rings is 1. The summed E-state index contributed by atoms with van der Waals surface area (Å²) in [5.74, 6) is -0.212. The third kappa shape index (κ3) is 4.89. The molecule has 0 aliphatic heterocycles. The van der Waals surface area contributed by atoms with Crippen molar-refractivity contribution in [3.63, 3.8) is 0 Å². The number of hydrogen-bond acceptors (Lipinski definition) is 2. The molecule has 0 aliphatic carbocycles. The second-order valence-electron chi connectivity index (χ2n) is 3.55. The molecular weight excluding hydrogens is 233 g/mol. The molecule has 1 aromatic carbocycles. The van der Waals surface area contributed by atoms with Gasteiger partial charge in [0.25, 0.3) is 0 Å². The van der Waals surface area contributed by atoms with E-state index in [1.807, 2.05) is 0 Å². The molecule has 94 valence electrons. The molecule has 1 rings (SSSR count). The van der Waals surface area contributed by atoms with Crippen LogP contribution in [0.15, 0.2) is 24.3 Å². The van der Waals surface area contributed by atoms with Gasteiger partial charge in [-0.1, -0.05) is 25.1 Å². The Morgan fingerprint density at radius 2 is 1.94 bits per heavy atom. The fraction of sp³-hybridized carbons (Fsp3) is 0.417. The molecule has 0 heterocycles. The van der Waals surface area contributed by atoms with Gasteiger partial charge in [-0.2, -0.15) is 0 Å². The number of ketones is 1. The zero-order valence-corrected chi connectivity index (χ0v) is 9.38. The van der Waals surface area contributed by atoms with Gasteiger partial charge in [0, 0.05) is 12.8 Å². The summed E-state index contributed by atoms with van der Waals surface area (Å²) in [4.78, 5) is 11.1. The highest BCUT2D eigenvalue weighted by Crippen LogP contribution is 2.27. The molecule has 0 saturated heterocycles. The van der Waals surface area contributed by atoms with Crippen molar-refractivity contribution in [2.75, 3.05) is 0 Å². The maximum atomic E-state index is 12.1. The number of halogens is 3. The maximum absolute atomic E-state index is 12.1. The lowest BCUT2D eigenvalue weighted by Crippen LogP contribution is -2.18. The Morgan fingerprint density at radius 1 is 1.29 bits per heavy atom. The molecular formula is C12H13F3O2. The topological polar surface area (TPSA) is 26.3 Å². The number of carbonyl (C=O) groups excluding carboxylic acids is 1. The number of ether oxygens (including phenoxy) is 1. The lowest BCUT2D eigenvalue weighted by molar-refractivity contribution is -0.274. The van der Waals surface area contributed by atoms with Crippen molar-refractivity contribution in [2.45, 2.75) is 32.5 Å². The van der Waals surface area contributed by atoms with E-state index in [4.69, 9.17) is 0 Å². The number of hydrogen-bond donors (Lipinski definition) is 0. The summed E-state index contributed by atoms with van der Waals surface area (Å²) in [6.45, 7) is 1.72. The van der Waals surface area contributed by atoms with Crippen molar-refractivity contribution in [1.29, 1.82) is 0 Å². The molecule has 5 heteroatoms. The SMILES string of the molecule is CCC(=O)CCc1ccccc1OC(F)(F)F. The average molecular weight is 246 g/mol. The van der Waals surface area contributed by atoms with E-state index in [0.29, 0.717) is 12.0 Å². The molecule has 0 spiro atoms. The smallest absolute Gasteiger partial charge is 0.406 e. The van der Waals surface area contributed by atoms with Crippen LogP contribution in [0.1, 0.15) is 25.3 Å². The van der Waals surface area contributed by atoms with Gasteiger partial charge in [-0.05, 0) is 18.1 Å². The number of rotatable bonds is 5. The normalized spacial score (nSPS) is 11.3. The zero-order valence-electron chi connectivity index (χ0n) is 9.38. The van der Waals surface area contributed by atoms with Gasteiger partial charge in [-0.15, -0.1) is 13.2 Å². The van der Waals surface area contributed by atoms with Gasteiger partial charge in [0.2, 0.25) is 0 Å². The van der Waals surface area contributed by atoms with Gasteiger partial charge < -0.3 is 4.74 Å². The number of aryl methyl sites for hydroxylation is 1. The largest absolute Gasteiger partial charge is 0.573 e. The van der Waals surface area contributed by atoms with Crippen LogP contribution in [-0.4, -0.2) is 12.1 Å². The van der Waals surface area contributed by atoms with Crippen LogP contribution in [0.5, 0.6) is 5.75 Å². The van der Waals surface area contributed by atoms with Crippen LogP contribution in [0.2, 0.25) is 0 Å². The fourth-order valence-corrected chi connectivity index (χ4v) is 1.39. The van der Waals surface area contributed by atoms with Gasteiger partial charge in [-0.3, -0.25) is 4.79 Å². The molecule has 0 N–H and O–H groups in total. The zero-order chi connectivity index (χ0) is 12.9. The highest BCUT2D eigenvalue weighted by molar-refractivity contribution is 5.78. The average Bonchev–Trinajstić information content (AvgIpc) is 2.25. The van der Waals surface area contributed by atoms with E-state index in [-0.39, 0.29) is 24.4 Å². The molecule has 0 aromatic heterocycles. The van der Waals surface area contributed by atoms with E-state index >= 15 is 0 Å². The van der Waals surface area contributed by atoms with E-state index in [9.17, 15) is 18.0 Å². The van der Waals surface area contributed by atoms with E-state index in [1.54, 1.807) is 13.0 Å². The minimum absolute atomic E-state index is 0.0202. The number of para-hydroxylation sites is 1. The Labute approximate surface area is 97.4 Å². The van der Waals surface area contributed by atoms with Crippen LogP contribution in [0.4, 0.5) is 13.2 Å². The Hall–Kier alpha value is -1.52. The quantitative estimate of drug-likeness (QED) is 0.794. The number of alkyl halides is 3. The molecule has 17 heavy (non-hydrogen) atoms. The minimum atomic E-state index is -4.70. The Bertz CT molecular complexity index is 386. The summed E-state index contributed by atoms with van der Waals surface area (Å²) >= 11 is 0. The second-order valence-corrected chi connectivity index (χ2v) is 3.55. The number of Topliss-reactive ketones (excluding diaryl/α,β-unsaturated/α-hetero) is 1. The molecule has 0 amide bonds. The molecule has 0 bridgehead atoms. The van der Waals surface area contributed by atoms with Crippen molar-refractivity contribution >= 4 is 5.78 Å². The predicted molar refractivity (Wildman–Crippen MR) is 56.7 cm³/mol. The molecule has 0 atom stereocenters. The lowest BCUT2D eigenvalue weighted by Gasteiger charge is -2.12. The second kappa shape index (κ2) is 5.70. The molecule has 0 saturated carbocycles. The number of carbonyl (C=O) groups is 1. The molecule has 0 aliphatic rings. The maximum Gasteiger partial charge on any atom is 0.573 e. The summed E-state index contributed by atoms with van der Waals surface area (Å²) in [7, 11) is 0. The minimum Gasteiger partial charge on any atom is -0.406 e. The van der Waals surface area contributed by atoms with E-state index < -0.39 is 6.36 Å². The molecule has 0 radical (unpaired) electrons. The summed E-state index contributed by atoms with van der Waals surface area (Å²) in [5.41, 5.74) is 0.395. The van der Waals surface area contributed by atoms with Gasteiger partial charge in [0.05, 0.1) is 0 Å². The van der Waals surface area contributed by atoms with E-state index in [1.165, 1.54) is 18.2 Å². The Kier molecular flexibility index (Phi) is 4.54. The first-order chi connectivity index (χ1) is 7.92. The van der Waals surface area contributed by atoms with Crippen molar-refractivity contribution in [1.82, 2.24) is 0 Å². The standard InChI is InChI=1S/C12H13F3O2/c1-2-10(16)8-7-9-5-3-4-6-11(9)17-12(13,14)15/h3-6H,2,7-8H2,1H3. The van der Waals surface area contributed by atoms with Crippen LogP contribution in [0.25, 0.3) is 0 Å². The van der Waals surface area contributed by atoms with Gasteiger partial charge in [0.15, 0.2) is 0 Å². The van der Waals surface area contributed by atoms with Crippen LogP contribution >= 0.6 is 0 Å². The molecule has 0 fully saturated rings. The first-order valence-corrected chi connectivity index (χ1v) is 5.27. The van der Waals surface area contributed by atoms with Crippen molar-refractivity contribution in [2.24, 2.45) is 0 Å². The first kappa shape index (κ1) is 13.5. The van der Waals surface area contributed by atoms with Gasteiger partial charge >= 0.3 is 6.36 Å². The van der Waals surface area contributed by atoms with Crippen molar-refractivity contribution < 1.29 is 22.7 Å².